The third kappa shape index (κ3) is 3.69. The molecule has 25 heavy (non-hydrogen) atoms. The van der Waals surface area contributed by atoms with Crippen LogP contribution < -0.4 is 15.1 Å². The number of amides is 1. The number of H-pyrrole nitrogens is 1. The summed E-state index contributed by atoms with van der Waals surface area (Å²) in [6.07, 6.45) is 0.971. The minimum atomic E-state index is -0.648. The van der Waals surface area contributed by atoms with Crippen LogP contribution in [0.15, 0.2) is 12.1 Å². The summed E-state index contributed by atoms with van der Waals surface area (Å²) in [7, 11) is 0. The Labute approximate surface area is 145 Å². The van der Waals surface area contributed by atoms with Crippen molar-refractivity contribution in [3.05, 3.63) is 17.8 Å². The largest absolute Gasteiger partial charge is 0.507 e. The molecule has 2 aromatic rings. The van der Waals surface area contributed by atoms with E-state index >= 15 is 0 Å². The predicted octanol–water partition coefficient (Wildman–Crippen LogP) is 2.08. The summed E-state index contributed by atoms with van der Waals surface area (Å²) in [6, 6.07) is 2.85. The van der Waals surface area contributed by atoms with Gasteiger partial charge in [0.05, 0.1) is 22.1 Å². The van der Waals surface area contributed by atoms with Gasteiger partial charge in [-0.3, -0.25) is 10.0 Å². The van der Waals surface area contributed by atoms with Gasteiger partial charge in [-0.2, -0.15) is 0 Å². The van der Waals surface area contributed by atoms with Gasteiger partial charge < -0.3 is 20.1 Å². The second-order valence-electron chi connectivity index (χ2n) is 6.59. The number of aromatic amines is 1. The number of phenolic OH excluding ortho intramolecular Hbond substituents is 1. The number of ether oxygens (including phenoxy) is 1. The maximum atomic E-state index is 11.8. The second-order valence-corrected chi connectivity index (χ2v) is 6.59. The SMILES string of the molecule is CCc1[nH]c2c(OC(=O)CNC=O)ccc(O)c2c1N(O)C(C)(C)C. The summed E-state index contributed by atoms with van der Waals surface area (Å²) in [4.78, 5) is 25.2. The highest BCUT2D eigenvalue weighted by Crippen LogP contribution is 2.42. The van der Waals surface area contributed by atoms with Crippen molar-refractivity contribution in [3.8, 4) is 11.5 Å². The zero-order chi connectivity index (χ0) is 18.8. The molecule has 0 bridgehead atoms. The molecular weight excluding hydrogens is 326 g/mol. The number of anilines is 1. The van der Waals surface area contributed by atoms with E-state index in [4.69, 9.17) is 4.74 Å². The maximum Gasteiger partial charge on any atom is 0.330 e. The monoisotopic (exact) mass is 349 g/mol. The summed E-state index contributed by atoms with van der Waals surface area (Å²) in [6.45, 7) is 7.13. The Morgan fingerprint density at radius 3 is 2.64 bits per heavy atom. The van der Waals surface area contributed by atoms with E-state index < -0.39 is 11.5 Å². The number of nitrogens with one attached hydrogen (secondary N) is 2. The number of nitrogens with zero attached hydrogens (tertiary/aromatic N) is 1. The van der Waals surface area contributed by atoms with E-state index in [1.165, 1.54) is 12.1 Å². The first-order chi connectivity index (χ1) is 11.7. The Kier molecular flexibility index (Phi) is 5.22. The van der Waals surface area contributed by atoms with Gasteiger partial charge in [-0.1, -0.05) is 6.92 Å². The minimum Gasteiger partial charge on any atom is -0.507 e. The lowest BCUT2D eigenvalue weighted by Gasteiger charge is -2.31. The average Bonchev–Trinajstić information content (AvgIpc) is 2.94. The van der Waals surface area contributed by atoms with Crippen LogP contribution in [0.2, 0.25) is 0 Å². The zero-order valence-corrected chi connectivity index (χ0v) is 14.7. The molecule has 136 valence electrons. The number of rotatable bonds is 6. The van der Waals surface area contributed by atoms with Gasteiger partial charge in [0.25, 0.3) is 0 Å². The Balaban J connectivity index is 2.58. The maximum absolute atomic E-state index is 11.8. The lowest BCUT2D eigenvalue weighted by molar-refractivity contribution is -0.134. The third-order valence-electron chi connectivity index (χ3n) is 3.70. The number of hydrogen-bond donors (Lipinski definition) is 4. The summed E-state index contributed by atoms with van der Waals surface area (Å²) in [5.74, 6) is -0.492. The normalized spacial score (nSPS) is 11.4. The number of hydrogen-bond acceptors (Lipinski definition) is 6. The molecule has 0 spiro atoms. The van der Waals surface area contributed by atoms with Crippen LogP contribution in [-0.4, -0.2) is 39.8 Å². The van der Waals surface area contributed by atoms with Gasteiger partial charge in [0, 0.05) is 5.69 Å². The number of aryl methyl sites for hydroxylation is 1. The smallest absolute Gasteiger partial charge is 0.330 e. The van der Waals surface area contributed by atoms with E-state index in [0.29, 0.717) is 35.1 Å². The molecule has 0 atom stereocenters. The minimum absolute atomic E-state index is 0.0462. The van der Waals surface area contributed by atoms with Crippen molar-refractivity contribution in [2.24, 2.45) is 0 Å². The fourth-order valence-corrected chi connectivity index (χ4v) is 2.49. The molecule has 2 rings (SSSR count). The fraction of sp³-hybridized carbons (Fsp3) is 0.412. The molecule has 0 saturated heterocycles. The van der Waals surface area contributed by atoms with Crippen molar-refractivity contribution in [2.75, 3.05) is 11.6 Å². The van der Waals surface area contributed by atoms with Crippen molar-refractivity contribution in [2.45, 2.75) is 39.7 Å². The molecular formula is C17H23N3O5. The van der Waals surface area contributed by atoms with Crippen LogP contribution in [-0.2, 0) is 16.0 Å². The quantitative estimate of drug-likeness (QED) is 0.275. The molecule has 1 amide bonds. The van der Waals surface area contributed by atoms with Gasteiger partial charge in [-0.05, 0) is 39.3 Å². The molecule has 0 aliphatic heterocycles. The molecule has 0 saturated carbocycles. The van der Waals surface area contributed by atoms with Crippen LogP contribution in [0.1, 0.15) is 33.4 Å². The highest BCUT2D eigenvalue weighted by molar-refractivity contribution is 6.03. The topological polar surface area (TPSA) is 115 Å². The van der Waals surface area contributed by atoms with Crippen molar-refractivity contribution in [3.63, 3.8) is 0 Å². The Morgan fingerprint density at radius 1 is 1.40 bits per heavy atom. The third-order valence-corrected chi connectivity index (χ3v) is 3.70. The van der Waals surface area contributed by atoms with Gasteiger partial charge >= 0.3 is 5.97 Å². The molecule has 0 unspecified atom stereocenters. The molecule has 0 aliphatic carbocycles. The number of hydroxylamine groups is 1. The number of benzene rings is 1. The predicted molar refractivity (Wildman–Crippen MR) is 93.1 cm³/mol. The van der Waals surface area contributed by atoms with Crippen LogP contribution in [0.25, 0.3) is 10.9 Å². The van der Waals surface area contributed by atoms with E-state index in [1.807, 2.05) is 27.7 Å². The van der Waals surface area contributed by atoms with Crippen LogP contribution in [0.4, 0.5) is 5.69 Å². The number of phenols is 1. The standard InChI is InChI=1S/C17H23N3O5/c1-5-10-16(20(24)17(2,3)4)14-11(22)6-7-12(15(14)19-10)25-13(23)8-18-9-21/h6-7,9,19,22,24H,5,8H2,1-4H3,(H,18,21). The van der Waals surface area contributed by atoms with Crippen LogP contribution in [0.5, 0.6) is 11.5 Å². The molecule has 1 aromatic carbocycles. The van der Waals surface area contributed by atoms with E-state index in [-0.39, 0.29) is 18.0 Å². The first kappa shape index (κ1) is 18.6. The molecule has 0 aliphatic rings. The first-order valence-corrected chi connectivity index (χ1v) is 7.94. The highest BCUT2D eigenvalue weighted by Gasteiger charge is 2.28. The molecule has 8 heteroatoms. The number of carbonyl (C=O) groups is 2. The van der Waals surface area contributed by atoms with Gasteiger partial charge in [0.2, 0.25) is 6.41 Å². The van der Waals surface area contributed by atoms with E-state index in [2.05, 4.69) is 10.3 Å². The Bertz CT molecular complexity index is 792. The fourth-order valence-electron chi connectivity index (χ4n) is 2.49. The van der Waals surface area contributed by atoms with Gasteiger partial charge in [-0.15, -0.1) is 0 Å². The van der Waals surface area contributed by atoms with Gasteiger partial charge in [0.15, 0.2) is 5.75 Å². The number of fused-ring (bicyclic) bond motifs is 1. The van der Waals surface area contributed by atoms with Gasteiger partial charge in [-0.25, -0.2) is 9.86 Å². The Morgan fingerprint density at radius 2 is 2.08 bits per heavy atom. The van der Waals surface area contributed by atoms with E-state index in [0.717, 1.165) is 5.06 Å². The average molecular weight is 349 g/mol. The van der Waals surface area contributed by atoms with Crippen molar-refractivity contribution in [1.29, 1.82) is 0 Å². The lowest BCUT2D eigenvalue weighted by Crippen LogP contribution is -2.39. The summed E-state index contributed by atoms with van der Waals surface area (Å²) < 4.78 is 5.26. The van der Waals surface area contributed by atoms with Crippen LogP contribution >= 0.6 is 0 Å². The summed E-state index contributed by atoms with van der Waals surface area (Å²) in [5.41, 5.74) is 0.921. The van der Waals surface area contributed by atoms with Crippen LogP contribution in [0.3, 0.4) is 0 Å². The summed E-state index contributed by atoms with van der Waals surface area (Å²) >= 11 is 0. The number of aromatic hydroxyl groups is 1. The van der Waals surface area contributed by atoms with Gasteiger partial charge in [0.1, 0.15) is 12.3 Å². The Hall–Kier alpha value is -2.74. The first-order valence-electron chi connectivity index (χ1n) is 7.94. The second kappa shape index (κ2) is 7.02. The van der Waals surface area contributed by atoms with Crippen molar-refractivity contribution >= 4 is 29.0 Å². The molecule has 0 radical (unpaired) electrons. The molecule has 4 N–H and O–H groups in total. The number of carbonyl (C=O) groups excluding carboxylic acids is 2. The number of aromatic nitrogens is 1. The van der Waals surface area contributed by atoms with E-state index in [1.54, 1.807) is 0 Å². The molecule has 8 nitrogen and oxygen atoms in total. The molecule has 0 fully saturated rings. The van der Waals surface area contributed by atoms with E-state index in [9.17, 15) is 19.9 Å². The van der Waals surface area contributed by atoms with Crippen molar-refractivity contribution in [1.82, 2.24) is 10.3 Å². The molecule has 1 heterocycles. The lowest BCUT2D eigenvalue weighted by atomic mass is 10.1. The van der Waals surface area contributed by atoms with Crippen LogP contribution in [0, 0.1) is 0 Å². The highest BCUT2D eigenvalue weighted by atomic mass is 16.5. The summed E-state index contributed by atoms with van der Waals surface area (Å²) in [5, 5.41) is 24.6. The van der Waals surface area contributed by atoms with Crippen molar-refractivity contribution < 1.29 is 24.6 Å². The molecule has 1 aromatic heterocycles. The zero-order valence-electron chi connectivity index (χ0n) is 14.7. The number of esters is 1.